The number of amides is 1. The molecule has 1 amide bonds. The lowest BCUT2D eigenvalue weighted by atomic mass is 10.2. The molecule has 3 aromatic rings. The van der Waals surface area contributed by atoms with Gasteiger partial charge in [-0.1, -0.05) is 18.2 Å². The van der Waals surface area contributed by atoms with Crippen LogP contribution in [-0.4, -0.2) is 33.2 Å². The lowest BCUT2D eigenvalue weighted by Crippen LogP contribution is -2.33. The zero-order valence-corrected chi connectivity index (χ0v) is 15.9. The summed E-state index contributed by atoms with van der Waals surface area (Å²) in [6, 6.07) is 12.5. The Bertz CT molecular complexity index is 872. The second-order valence-electron chi connectivity index (χ2n) is 6.30. The van der Waals surface area contributed by atoms with Gasteiger partial charge in [-0.05, 0) is 42.7 Å². The molecule has 1 saturated heterocycles. The molecule has 1 unspecified atom stereocenters. The summed E-state index contributed by atoms with van der Waals surface area (Å²) in [5, 5.41) is 2.09. The Labute approximate surface area is 155 Å². The van der Waals surface area contributed by atoms with Crippen molar-refractivity contribution < 1.29 is 4.79 Å². The standard InChI is InChI=1S/C19H21N3OS2/c1-24-13-18-20-14-6-2-3-7-15(14)22(18)12-19(23)21-10-4-8-16(21)17-9-5-11-25-17/h2-3,5-7,9,11,16H,4,8,10,12-13H2,1H3. The number of hydrogen-bond acceptors (Lipinski definition) is 4. The Morgan fingerprint density at radius 1 is 1.32 bits per heavy atom. The molecule has 1 atom stereocenters. The normalized spacial score (nSPS) is 17.5. The highest BCUT2D eigenvalue weighted by molar-refractivity contribution is 7.97. The largest absolute Gasteiger partial charge is 0.333 e. The number of nitrogens with zero attached hydrogens (tertiary/aromatic N) is 3. The number of carbonyl (C=O) groups is 1. The summed E-state index contributed by atoms with van der Waals surface area (Å²) in [4.78, 5) is 21.2. The van der Waals surface area contributed by atoms with E-state index in [0.29, 0.717) is 6.54 Å². The van der Waals surface area contributed by atoms with Crippen molar-refractivity contribution >= 4 is 40.0 Å². The van der Waals surface area contributed by atoms with E-state index in [2.05, 4.69) is 39.3 Å². The molecule has 6 heteroatoms. The van der Waals surface area contributed by atoms with Gasteiger partial charge in [-0.3, -0.25) is 4.79 Å². The molecule has 0 aliphatic carbocycles. The van der Waals surface area contributed by atoms with Gasteiger partial charge in [-0.2, -0.15) is 11.8 Å². The second-order valence-corrected chi connectivity index (χ2v) is 8.14. The van der Waals surface area contributed by atoms with Crippen LogP contribution < -0.4 is 0 Å². The molecule has 2 aromatic heterocycles. The molecular formula is C19H21N3OS2. The quantitative estimate of drug-likeness (QED) is 0.670. The van der Waals surface area contributed by atoms with E-state index in [9.17, 15) is 4.79 Å². The van der Waals surface area contributed by atoms with E-state index in [1.807, 2.05) is 18.2 Å². The molecule has 0 spiro atoms. The van der Waals surface area contributed by atoms with Crippen LogP contribution in [0.15, 0.2) is 41.8 Å². The Balaban J connectivity index is 1.62. The average molecular weight is 372 g/mol. The molecule has 0 N–H and O–H groups in total. The first kappa shape index (κ1) is 16.7. The van der Waals surface area contributed by atoms with Crippen LogP contribution in [0.3, 0.4) is 0 Å². The summed E-state index contributed by atoms with van der Waals surface area (Å²) >= 11 is 3.48. The number of fused-ring (bicyclic) bond motifs is 1. The van der Waals surface area contributed by atoms with Crippen LogP contribution in [0.1, 0.15) is 29.6 Å². The van der Waals surface area contributed by atoms with E-state index in [4.69, 9.17) is 4.98 Å². The minimum absolute atomic E-state index is 0.196. The van der Waals surface area contributed by atoms with Crippen LogP contribution in [0.2, 0.25) is 0 Å². The fraction of sp³-hybridized carbons (Fsp3) is 0.368. The third-order valence-corrected chi connectivity index (χ3v) is 6.27. The zero-order chi connectivity index (χ0) is 17.2. The number of benzene rings is 1. The number of thioether (sulfide) groups is 1. The number of imidazole rings is 1. The maximum absolute atomic E-state index is 13.1. The van der Waals surface area contributed by atoms with E-state index in [0.717, 1.165) is 42.0 Å². The van der Waals surface area contributed by atoms with Gasteiger partial charge in [0.1, 0.15) is 12.4 Å². The molecule has 4 nitrogen and oxygen atoms in total. The maximum atomic E-state index is 13.1. The molecule has 1 aromatic carbocycles. The lowest BCUT2D eigenvalue weighted by Gasteiger charge is -2.24. The van der Waals surface area contributed by atoms with Gasteiger partial charge < -0.3 is 9.47 Å². The van der Waals surface area contributed by atoms with Crippen molar-refractivity contribution in [1.29, 1.82) is 0 Å². The van der Waals surface area contributed by atoms with Crippen LogP contribution in [0, 0.1) is 0 Å². The topological polar surface area (TPSA) is 38.1 Å². The van der Waals surface area contributed by atoms with Crippen molar-refractivity contribution in [2.75, 3.05) is 12.8 Å². The van der Waals surface area contributed by atoms with Crippen molar-refractivity contribution in [3.05, 3.63) is 52.5 Å². The monoisotopic (exact) mass is 371 g/mol. The van der Waals surface area contributed by atoms with E-state index in [-0.39, 0.29) is 11.9 Å². The lowest BCUT2D eigenvalue weighted by molar-refractivity contribution is -0.132. The number of carbonyl (C=O) groups excluding carboxylic acids is 1. The first-order chi connectivity index (χ1) is 12.3. The first-order valence-electron chi connectivity index (χ1n) is 8.54. The maximum Gasteiger partial charge on any atom is 0.243 e. The van der Waals surface area contributed by atoms with Crippen molar-refractivity contribution in [1.82, 2.24) is 14.5 Å². The summed E-state index contributed by atoms with van der Waals surface area (Å²) in [5.41, 5.74) is 2.02. The van der Waals surface area contributed by atoms with Gasteiger partial charge in [0.15, 0.2) is 0 Å². The Hall–Kier alpha value is -1.79. The van der Waals surface area contributed by atoms with Crippen LogP contribution in [-0.2, 0) is 17.1 Å². The van der Waals surface area contributed by atoms with Gasteiger partial charge >= 0.3 is 0 Å². The number of hydrogen-bond donors (Lipinski definition) is 0. The molecule has 0 saturated carbocycles. The molecule has 25 heavy (non-hydrogen) atoms. The molecular weight excluding hydrogens is 350 g/mol. The molecule has 1 aliphatic rings. The highest BCUT2D eigenvalue weighted by Crippen LogP contribution is 2.34. The van der Waals surface area contributed by atoms with Gasteiger partial charge in [0, 0.05) is 11.4 Å². The van der Waals surface area contributed by atoms with Crippen LogP contribution >= 0.6 is 23.1 Å². The van der Waals surface area contributed by atoms with Crippen molar-refractivity contribution in [2.45, 2.75) is 31.2 Å². The van der Waals surface area contributed by atoms with E-state index in [1.165, 1.54) is 4.88 Å². The first-order valence-corrected chi connectivity index (χ1v) is 10.8. The Morgan fingerprint density at radius 3 is 3.00 bits per heavy atom. The summed E-state index contributed by atoms with van der Waals surface area (Å²) in [6.45, 7) is 1.23. The fourth-order valence-corrected chi connectivity index (χ4v) is 4.96. The Morgan fingerprint density at radius 2 is 2.20 bits per heavy atom. The number of para-hydroxylation sites is 2. The molecule has 1 aliphatic heterocycles. The van der Waals surface area contributed by atoms with Gasteiger partial charge in [-0.15, -0.1) is 11.3 Å². The summed E-state index contributed by atoms with van der Waals surface area (Å²) in [5.74, 6) is 1.99. The molecule has 0 radical (unpaired) electrons. The summed E-state index contributed by atoms with van der Waals surface area (Å²) in [7, 11) is 0. The fourth-order valence-electron chi connectivity index (χ4n) is 3.61. The second kappa shape index (κ2) is 7.22. The van der Waals surface area contributed by atoms with Gasteiger partial charge in [0.25, 0.3) is 0 Å². The molecule has 4 rings (SSSR count). The molecule has 3 heterocycles. The summed E-state index contributed by atoms with van der Waals surface area (Å²) < 4.78 is 2.10. The van der Waals surface area contributed by atoms with Crippen LogP contribution in [0.4, 0.5) is 0 Å². The van der Waals surface area contributed by atoms with E-state index in [1.54, 1.807) is 23.1 Å². The molecule has 1 fully saturated rings. The third-order valence-electron chi connectivity index (χ3n) is 4.75. The SMILES string of the molecule is CSCc1nc2ccccc2n1CC(=O)N1CCCC1c1cccs1. The zero-order valence-electron chi connectivity index (χ0n) is 14.2. The number of thiophene rings is 1. The minimum Gasteiger partial charge on any atom is -0.333 e. The number of likely N-dealkylation sites (tertiary alicyclic amines) is 1. The van der Waals surface area contributed by atoms with Crippen molar-refractivity contribution in [2.24, 2.45) is 0 Å². The number of rotatable bonds is 5. The van der Waals surface area contributed by atoms with Crippen molar-refractivity contribution in [3.63, 3.8) is 0 Å². The summed E-state index contributed by atoms with van der Waals surface area (Å²) in [6.07, 6.45) is 4.21. The van der Waals surface area contributed by atoms with Gasteiger partial charge in [-0.25, -0.2) is 4.98 Å². The van der Waals surface area contributed by atoms with Gasteiger partial charge in [0.2, 0.25) is 5.91 Å². The van der Waals surface area contributed by atoms with Crippen molar-refractivity contribution in [3.8, 4) is 0 Å². The van der Waals surface area contributed by atoms with E-state index >= 15 is 0 Å². The van der Waals surface area contributed by atoms with Gasteiger partial charge in [0.05, 0.1) is 22.8 Å². The average Bonchev–Trinajstić information content (AvgIpc) is 3.35. The highest BCUT2D eigenvalue weighted by atomic mass is 32.2. The smallest absolute Gasteiger partial charge is 0.243 e. The van der Waals surface area contributed by atoms with E-state index < -0.39 is 0 Å². The number of aromatic nitrogens is 2. The third kappa shape index (κ3) is 3.20. The molecule has 130 valence electrons. The predicted molar refractivity (Wildman–Crippen MR) is 105 cm³/mol. The minimum atomic E-state index is 0.196. The van der Waals surface area contributed by atoms with Crippen LogP contribution in [0.5, 0.6) is 0 Å². The highest BCUT2D eigenvalue weighted by Gasteiger charge is 2.31. The Kier molecular flexibility index (Phi) is 4.81. The predicted octanol–water partition coefficient (Wildman–Crippen LogP) is 4.32. The van der Waals surface area contributed by atoms with Crippen LogP contribution in [0.25, 0.3) is 11.0 Å². The molecule has 0 bridgehead atoms.